The molecular formula is C13H14BrClN2O2. The second kappa shape index (κ2) is 5.13. The van der Waals surface area contributed by atoms with Gasteiger partial charge in [0.1, 0.15) is 5.60 Å². The van der Waals surface area contributed by atoms with Crippen molar-refractivity contribution in [1.82, 2.24) is 9.78 Å². The first-order chi connectivity index (χ1) is 8.81. The molecule has 1 heterocycles. The Morgan fingerprint density at radius 1 is 1.47 bits per heavy atom. The number of carbonyl (C=O) groups is 1. The highest BCUT2D eigenvalue weighted by Crippen LogP contribution is 2.25. The van der Waals surface area contributed by atoms with Crippen molar-refractivity contribution in [3.05, 3.63) is 28.9 Å². The van der Waals surface area contributed by atoms with Gasteiger partial charge in [0.25, 0.3) is 0 Å². The predicted octanol–water partition coefficient (Wildman–Crippen LogP) is 4.37. The summed E-state index contributed by atoms with van der Waals surface area (Å²) in [6.07, 6.45) is -0.507. The third kappa shape index (κ3) is 3.09. The number of rotatable bonds is 1. The van der Waals surface area contributed by atoms with Crippen molar-refractivity contribution in [1.29, 1.82) is 0 Å². The Morgan fingerprint density at radius 2 is 2.16 bits per heavy atom. The molecule has 0 saturated carbocycles. The number of fused-ring (bicyclic) bond motifs is 1. The smallest absolute Gasteiger partial charge is 0.435 e. The van der Waals surface area contributed by atoms with Gasteiger partial charge < -0.3 is 4.74 Å². The SMILES string of the molecule is CC(C)(C)OC(=O)n1nc(CBr)c2ccc(Cl)cc21. The number of nitrogens with zero attached hydrogens (tertiary/aromatic N) is 2. The molecule has 0 radical (unpaired) electrons. The molecule has 0 saturated heterocycles. The van der Waals surface area contributed by atoms with Crippen LogP contribution in [0.2, 0.25) is 5.02 Å². The second-order valence-corrected chi connectivity index (χ2v) is 6.13. The minimum absolute atomic E-state index is 0.507. The maximum absolute atomic E-state index is 12.1. The third-order valence-corrected chi connectivity index (χ3v) is 3.18. The first-order valence-corrected chi connectivity index (χ1v) is 7.28. The number of benzene rings is 1. The lowest BCUT2D eigenvalue weighted by Gasteiger charge is -2.19. The highest BCUT2D eigenvalue weighted by molar-refractivity contribution is 9.08. The normalized spacial score (nSPS) is 11.8. The van der Waals surface area contributed by atoms with Crippen LogP contribution in [0, 0.1) is 0 Å². The zero-order valence-corrected chi connectivity index (χ0v) is 13.2. The van der Waals surface area contributed by atoms with Crippen LogP contribution in [-0.2, 0) is 10.1 Å². The number of aromatic nitrogens is 2. The predicted molar refractivity (Wildman–Crippen MR) is 79.0 cm³/mol. The van der Waals surface area contributed by atoms with Crippen LogP contribution < -0.4 is 0 Å². The minimum Gasteiger partial charge on any atom is -0.442 e. The number of ether oxygens (including phenoxy) is 1. The molecule has 1 aromatic carbocycles. The molecule has 0 aliphatic carbocycles. The number of hydrogen-bond acceptors (Lipinski definition) is 3. The van der Waals surface area contributed by atoms with E-state index in [9.17, 15) is 4.79 Å². The van der Waals surface area contributed by atoms with Crippen molar-refractivity contribution < 1.29 is 9.53 Å². The number of carbonyl (C=O) groups excluding carboxylic acids is 1. The summed E-state index contributed by atoms with van der Waals surface area (Å²) < 4.78 is 6.59. The summed E-state index contributed by atoms with van der Waals surface area (Å²) in [5.41, 5.74) is 0.858. The van der Waals surface area contributed by atoms with Crippen LogP contribution >= 0.6 is 27.5 Å². The van der Waals surface area contributed by atoms with Crippen molar-refractivity contribution in [3.63, 3.8) is 0 Å². The highest BCUT2D eigenvalue weighted by atomic mass is 79.9. The van der Waals surface area contributed by atoms with E-state index in [0.717, 1.165) is 11.1 Å². The average Bonchev–Trinajstić information content (AvgIpc) is 2.64. The van der Waals surface area contributed by atoms with Crippen LogP contribution in [0.4, 0.5) is 4.79 Å². The van der Waals surface area contributed by atoms with Crippen molar-refractivity contribution in [2.45, 2.75) is 31.7 Å². The lowest BCUT2D eigenvalue weighted by Crippen LogP contribution is -2.27. The van der Waals surface area contributed by atoms with Gasteiger partial charge in [-0.1, -0.05) is 27.5 Å². The van der Waals surface area contributed by atoms with Crippen LogP contribution in [0.3, 0.4) is 0 Å². The van der Waals surface area contributed by atoms with E-state index >= 15 is 0 Å². The van der Waals surface area contributed by atoms with E-state index in [-0.39, 0.29) is 0 Å². The fourth-order valence-corrected chi connectivity index (χ4v) is 2.28. The number of alkyl halides is 1. The Labute approximate surface area is 124 Å². The van der Waals surface area contributed by atoms with Gasteiger partial charge in [-0.15, -0.1) is 0 Å². The van der Waals surface area contributed by atoms with Crippen LogP contribution in [-0.4, -0.2) is 21.5 Å². The molecule has 19 heavy (non-hydrogen) atoms. The molecular weight excluding hydrogens is 332 g/mol. The first kappa shape index (κ1) is 14.3. The Hall–Kier alpha value is -1.07. The highest BCUT2D eigenvalue weighted by Gasteiger charge is 2.21. The van der Waals surface area contributed by atoms with Crippen molar-refractivity contribution in [2.24, 2.45) is 0 Å². The third-order valence-electron chi connectivity index (χ3n) is 2.41. The quantitative estimate of drug-likeness (QED) is 0.721. The fourth-order valence-electron chi connectivity index (χ4n) is 1.70. The van der Waals surface area contributed by atoms with Gasteiger partial charge in [0.15, 0.2) is 0 Å². The molecule has 0 bridgehead atoms. The first-order valence-electron chi connectivity index (χ1n) is 5.78. The van der Waals surface area contributed by atoms with E-state index in [0.29, 0.717) is 15.9 Å². The molecule has 4 nitrogen and oxygen atoms in total. The summed E-state index contributed by atoms with van der Waals surface area (Å²) in [5.74, 6) is 0. The average molecular weight is 346 g/mol. The summed E-state index contributed by atoms with van der Waals surface area (Å²) in [6, 6.07) is 5.33. The van der Waals surface area contributed by atoms with E-state index in [4.69, 9.17) is 16.3 Å². The molecule has 0 amide bonds. The molecule has 0 aliphatic rings. The fraction of sp³-hybridized carbons (Fsp3) is 0.385. The Kier molecular flexibility index (Phi) is 3.87. The largest absolute Gasteiger partial charge is 0.442 e. The summed E-state index contributed by atoms with van der Waals surface area (Å²) in [4.78, 5) is 12.1. The molecule has 0 fully saturated rings. The monoisotopic (exact) mass is 344 g/mol. The van der Waals surface area contributed by atoms with E-state index in [2.05, 4.69) is 21.0 Å². The summed E-state index contributed by atoms with van der Waals surface area (Å²) in [5, 5.41) is 6.26. The van der Waals surface area contributed by atoms with Gasteiger partial charge in [-0.2, -0.15) is 9.78 Å². The van der Waals surface area contributed by atoms with E-state index in [1.54, 1.807) is 12.1 Å². The van der Waals surface area contributed by atoms with Crippen molar-refractivity contribution in [2.75, 3.05) is 0 Å². The van der Waals surface area contributed by atoms with Gasteiger partial charge >= 0.3 is 6.09 Å². The lowest BCUT2D eigenvalue weighted by atomic mass is 10.2. The molecule has 0 unspecified atom stereocenters. The van der Waals surface area contributed by atoms with Crippen LogP contribution in [0.25, 0.3) is 10.9 Å². The molecule has 0 N–H and O–H groups in total. The lowest BCUT2D eigenvalue weighted by molar-refractivity contribution is 0.0522. The zero-order chi connectivity index (χ0) is 14.2. The van der Waals surface area contributed by atoms with Crippen LogP contribution in [0.15, 0.2) is 18.2 Å². The maximum atomic E-state index is 12.1. The molecule has 2 aromatic rings. The molecule has 102 valence electrons. The molecule has 2 rings (SSSR count). The van der Waals surface area contributed by atoms with Gasteiger partial charge in [-0.25, -0.2) is 4.79 Å². The topological polar surface area (TPSA) is 44.1 Å². The van der Waals surface area contributed by atoms with Crippen molar-refractivity contribution >= 4 is 44.5 Å². The summed E-state index contributed by atoms with van der Waals surface area (Å²) in [6.45, 7) is 5.44. The van der Waals surface area contributed by atoms with Crippen LogP contribution in [0.5, 0.6) is 0 Å². The molecule has 0 spiro atoms. The Balaban J connectivity index is 2.54. The van der Waals surface area contributed by atoms with Gasteiger partial charge in [0.2, 0.25) is 0 Å². The maximum Gasteiger partial charge on any atom is 0.435 e. The summed E-state index contributed by atoms with van der Waals surface area (Å²) in [7, 11) is 0. The van der Waals surface area contributed by atoms with Crippen LogP contribution in [0.1, 0.15) is 26.5 Å². The second-order valence-electron chi connectivity index (χ2n) is 5.13. The van der Waals surface area contributed by atoms with E-state index < -0.39 is 11.7 Å². The van der Waals surface area contributed by atoms with Crippen molar-refractivity contribution in [3.8, 4) is 0 Å². The Bertz CT molecular complexity index is 631. The Morgan fingerprint density at radius 3 is 2.74 bits per heavy atom. The van der Waals surface area contributed by atoms with E-state index in [1.807, 2.05) is 26.8 Å². The van der Waals surface area contributed by atoms with Gasteiger partial charge in [-0.3, -0.25) is 0 Å². The molecule has 1 aromatic heterocycles. The summed E-state index contributed by atoms with van der Waals surface area (Å²) >= 11 is 9.34. The zero-order valence-electron chi connectivity index (χ0n) is 10.9. The number of halogens is 2. The van der Waals surface area contributed by atoms with Gasteiger partial charge in [0.05, 0.1) is 11.2 Å². The standard InChI is InChI=1S/C13H14BrClN2O2/c1-13(2,3)19-12(18)17-11-6-8(15)4-5-9(11)10(7-14)16-17/h4-6H,7H2,1-3H3. The van der Waals surface area contributed by atoms with Gasteiger partial charge in [-0.05, 0) is 39.0 Å². The number of hydrogen-bond donors (Lipinski definition) is 0. The minimum atomic E-state index is -0.567. The van der Waals surface area contributed by atoms with Gasteiger partial charge in [0, 0.05) is 15.7 Å². The molecule has 0 aliphatic heterocycles. The molecule has 0 atom stereocenters. The van der Waals surface area contributed by atoms with E-state index in [1.165, 1.54) is 4.68 Å². The molecule has 6 heteroatoms.